The van der Waals surface area contributed by atoms with E-state index in [4.69, 9.17) is 0 Å². The molecule has 5 aliphatic rings. The maximum atomic E-state index is 14.0. The minimum atomic E-state index is -4.58. The standard InChI is InChI=1S/C50H60N8O5S/c59-49(55-64(62,63)47-30-46(58(60)61)44(33-53-47)52-31-34-7-2-1-3-8-34)42-15-14-40(29-38(42)28-35-27-37-18-23-51-48(37)54-32-35)56-25-21-50(22-26-56)19-16-39(17-20-50)57-24-6-11-45(57)43-10-5-4-9-41(43)36-12-13-36/h4-5,9-10,14-15,18,23,27,29-30,32-34,36,39,45,52H,1-3,6-8,11-13,16-17,19-22,24-26,28,31H2,(H,51,54)(H,55,59). The first-order valence-corrected chi connectivity index (χ1v) is 25.2. The number of aromatic nitrogens is 3. The SMILES string of the molecule is O=C(NS(=O)(=O)c1cc([N+](=O)[O-])c(NCC2CCCCC2)cn1)c1ccc(N2CCC3(CCC(N4CCCC4c4ccccc4C4CC4)CC3)CC2)cc1Cc1cnc2[nH]ccc2c1. The predicted molar refractivity (Wildman–Crippen MR) is 249 cm³/mol. The van der Waals surface area contributed by atoms with Gasteiger partial charge in [-0.25, -0.2) is 14.7 Å². The van der Waals surface area contributed by atoms with Crippen LogP contribution in [-0.4, -0.2) is 71.3 Å². The van der Waals surface area contributed by atoms with E-state index in [2.05, 4.69) is 59.1 Å². The summed E-state index contributed by atoms with van der Waals surface area (Å²) in [6.45, 7) is 3.58. The fourth-order valence-corrected chi connectivity index (χ4v) is 12.5. The number of aromatic amines is 1. The van der Waals surface area contributed by atoms with Crippen LogP contribution in [0, 0.1) is 21.4 Å². The molecule has 10 rings (SSSR count). The molecular weight excluding hydrogens is 825 g/mol. The molecule has 2 aliphatic heterocycles. The van der Waals surface area contributed by atoms with E-state index >= 15 is 0 Å². The largest absolute Gasteiger partial charge is 0.378 e. The van der Waals surface area contributed by atoms with Crippen molar-refractivity contribution in [2.45, 2.75) is 126 Å². The van der Waals surface area contributed by atoms with Crippen LogP contribution in [0.2, 0.25) is 0 Å². The topological polar surface area (TPSA) is 166 Å². The highest BCUT2D eigenvalue weighted by Gasteiger charge is 2.42. The van der Waals surface area contributed by atoms with Crippen molar-refractivity contribution >= 4 is 44.0 Å². The Morgan fingerprint density at radius 1 is 0.844 bits per heavy atom. The van der Waals surface area contributed by atoms with Gasteiger partial charge in [-0.05, 0) is 160 Å². The molecule has 3 aliphatic carbocycles. The minimum Gasteiger partial charge on any atom is -0.378 e. The van der Waals surface area contributed by atoms with E-state index in [1.165, 1.54) is 70.5 Å². The monoisotopic (exact) mass is 884 g/mol. The molecule has 5 aromatic rings. The maximum absolute atomic E-state index is 14.0. The Bertz CT molecular complexity index is 2620. The number of nitro groups is 1. The van der Waals surface area contributed by atoms with Crippen LogP contribution in [0.5, 0.6) is 0 Å². The van der Waals surface area contributed by atoms with Gasteiger partial charge in [0, 0.05) is 60.7 Å². The third-order valence-electron chi connectivity index (χ3n) is 15.4. The number of nitrogens with one attached hydrogen (secondary N) is 3. The number of anilines is 2. The van der Waals surface area contributed by atoms with Gasteiger partial charge in [0.15, 0.2) is 5.03 Å². The van der Waals surface area contributed by atoms with Gasteiger partial charge in [0.2, 0.25) is 0 Å². The summed E-state index contributed by atoms with van der Waals surface area (Å²) >= 11 is 0. The number of sulfonamides is 1. The van der Waals surface area contributed by atoms with E-state index in [0.717, 1.165) is 85.9 Å². The first-order valence-electron chi connectivity index (χ1n) is 23.7. The van der Waals surface area contributed by atoms with Crippen LogP contribution in [0.3, 0.4) is 0 Å². The van der Waals surface area contributed by atoms with Crippen molar-refractivity contribution < 1.29 is 18.1 Å². The van der Waals surface area contributed by atoms with Gasteiger partial charge < -0.3 is 15.2 Å². The van der Waals surface area contributed by atoms with E-state index in [0.29, 0.717) is 41.9 Å². The van der Waals surface area contributed by atoms with Crippen molar-refractivity contribution in [1.82, 2.24) is 24.6 Å². The number of carbonyl (C=O) groups is 1. The Hall–Kier alpha value is -5.34. The highest BCUT2D eigenvalue weighted by Crippen LogP contribution is 2.50. The first kappa shape index (κ1) is 42.6. The van der Waals surface area contributed by atoms with Crippen LogP contribution in [0.15, 0.2) is 84.3 Å². The summed E-state index contributed by atoms with van der Waals surface area (Å²) in [5.74, 6) is 0.331. The van der Waals surface area contributed by atoms with Crippen molar-refractivity contribution in [3.63, 3.8) is 0 Å². The molecule has 336 valence electrons. The number of piperidine rings is 1. The number of benzene rings is 2. The molecule has 2 aromatic carbocycles. The van der Waals surface area contributed by atoms with Gasteiger partial charge in [0.1, 0.15) is 11.3 Å². The molecule has 1 atom stereocenters. The molecular formula is C50H60N8O5S. The number of H-pyrrole nitrogens is 1. The lowest BCUT2D eigenvalue weighted by Crippen LogP contribution is -2.45. The third-order valence-corrected chi connectivity index (χ3v) is 16.6. The summed E-state index contributed by atoms with van der Waals surface area (Å²) in [5, 5.41) is 15.6. The molecule has 3 aromatic heterocycles. The fourth-order valence-electron chi connectivity index (χ4n) is 11.6. The van der Waals surface area contributed by atoms with Crippen LogP contribution in [0.4, 0.5) is 17.1 Å². The summed E-state index contributed by atoms with van der Waals surface area (Å²) < 4.78 is 29.6. The molecule has 3 N–H and O–H groups in total. The number of pyridine rings is 2. The highest BCUT2D eigenvalue weighted by molar-refractivity contribution is 7.90. The second kappa shape index (κ2) is 17.9. The molecule has 2 saturated heterocycles. The zero-order chi connectivity index (χ0) is 43.8. The van der Waals surface area contributed by atoms with Crippen molar-refractivity contribution in [3.05, 3.63) is 117 Å². The Morgan fingerprint density at radius 2 is 1.62 bits per heavy atom. The number of nitrogens with zero attached hydrogens (tertiary/aromatic N) is 5. The second-order valence-electron chi connectivity index (χ2n) is 19.4. The number of hydrogen-bond donors (Lipinski definition) is 3. The molecule has 64 heavy (non-hydrogen) atoms. The van der Waals surface area contributed by atoms with Crippen molar-refractivity contribution in [2.75, 3.05) is 36.4 Å². The van der Waals surface area contributed by atoms with E-state index in [1.54, 1.807) is 23.4 Å². The lowest BCUT2D eigenvalue weighted by molar-refractivity contribution is -0.384. The molecule has 5 fully saturated rings. The fraction of sp³-hybridized carbons (Fsp3) is 0.500. The second-order valence-corrected chi connectivity index (χ2v) is 21.0. The van der Waals surface area contributed by atoms with Gasteiger partial charge in [0.05, 0.1) is 17.2 Å². The molecule has 1 amide bonds. The third kappa shape index (κ3) is 9.00. The molecule has 1 spiro atoms. The zero-order valence-electron chi connectivity index (χ0n) is 36.6. The van der Waals surface area contributed by atoms with E-state index in [-0.39, 0.29) is 11.3 Å². The lowest BCUT2D eigenvalue weighted by atomic mass is 9.66. The number of carbonyl (C=O) groups excluding carboxylic acids is 1. The van der Waals surface area contributed by atoms with E-state index < -0.39 is 31.6 Å². The minimum absolute atomic E-state index is 0.157. The predicted octanol–water partition coefficient (Wildman–Crippen LogP) is 9.81. The molecule has 0 radical (unpaired) electrons. The summed E-state index contributed by atoms with van der Waals surface area (Å²) in [4.78, 5) is 42.6. The van der Waals surface area contributed by atoms with Crippen LogP contribution in [0.25, 0.3) is 11.0 Å². The summed E-state index contributed by atoms with van der Waals surface area (Å²) in [6, 6.07) is 21.0. The summed E-state index contributed by atoms with van der Waals surface area (Å²) in [6.07, 6.45) is 23.1. The highest BCUT2D eigenvalue weighted by atomic mass is 32.2. The molecule has 13 nitrogen and oxygen atoms in total. The van der Waals surface area contributed by atoms with E-state index in [1.807, 2.05) is 30.5 Å². The first-order chi connectivity index (χ1) is 31.1. The number of amides is 1. The average molecular weight is 885 g/mol. The quantitative estimate of drug-likeness (QED) is 0.0765. The Balaban J connectivity index is 0.831. The van der Waals surface area contributed by atoms with Gasteiger partial charge in [-0.1, -0.05) is 43.5 Å². The Labute approximate surface area is 376 Å². The molecule has 1 unspecified atom stereocenters. The summed E-state index contributed by atoms with van der Waals surface area (Å²) in [5.41, 5.74) is 6.78. The molecule has 0 bridgehead atoms. The smallest absolute Gasteiger partial charge is 0.296 e. The average Bonchev–Trinajstić information content (AvgIpc) is 3.85. The maximum Gasteiger partial charge on any atom is 0.296 e. The van der Waals surface area contributed by atoms with Gasteiger partial charge in [-0.15, -0.1) is 0 Å². The summed E-state index contributed by atoms with van der Waals surface area (Å²) in [7, 11) is -4.58. The van der Waals surface area contributed by atoms with Crippen molar-refractivity contribution in [1.29, 1.82) is 0 Å². The van der Waals surface area contributed by atoms with Gasteiger partial charge >= 0.3 is 0 Å². The van der Waals surface area contributed by atoms with Gasteiger partial charge in [0.25, 0.3) is 21.6 Å². The molecule has 14 heteroatoms. The van der Waals surface area contributed by atoms with Crippen LogP contribution < -0.4 is 14.9 Å². The van der Waals surface area contributed by atoms with E-state index in [9.17, 15) is 23.3 Å². The van der Waals surface area contributed by atoms with Gasteiger partial charge in [-0.3, -0.25) is 19.8 Å². The van der Waals surface area contributed by atoms with Crippen molar-refractivity contribution in [2.24, 2.45) is 11.3 Å². The number of hydrogen-bond acceptors (Lipinski definition) is 10. The molecule has 5 heterocycles. The van der Waals surface area contributed by atoms with Crippen molar-refractivity contribution in [3.8, 4) is 0 Å². The van der Waals surface area contributed by atoms with Crippen LogP contribution in [-0.2, 0) is 16.4 Å². The Kier molecular flexibility index (Phi) is 11.9. The molecule has 3 saturated carbocycles. The van der Waals surface area contributed by atoms with Crippen LogP contribution >= 0.6 is 0 Å². The number of likely N-dealkylation sites (tertiary alicyclic amines) is 1. The Morgan fingerprint density at radius 3 is 2.39 bits per heavy atom. The van der Waals surface area contributed by atoms with Gasteiger partial charge in [-0.2, -0.15) is 8.42 Å². The number of fused-ring (bicyclic) bond motifs is 1. The number of rotatable bonds is 13. The lowest BCUT2D eigenvalue weighted by Gasteiger charge is -2.48. The van der Waals surface area contributed by atoms with Crippen LogP contribution in [0.1, 0.15) is 141 Å². The normalized spacial score (nSPS) is 21.1. The zero-order valence-corrected chi connectivity index (χ0v) is 37.5.